The monoisotopic (exact) mass is 253 g/mol. The molecule has 2 rings (SSSR count). The number of halogens is 1. The lowest BCUT2D eigenvalue weighted by Gasteiger charge is -2.30. The number of carbonyl (C=O) groups excluding carboxylic acids is 1. The molecule has 5 heteroatoms. The van der Waals surface area contributed by atoms with E-state index in [1.54, 1.807) is 29.2 Å². The Hall–Kier alpha value is -1.26. The van der Waals surface area contributed by atoms with E-state index in [0.29, 0.717) is 11.6 Å². The molecule has 1 aliphatic heterocycles. The summed E-state index contributed by atoms with van der Waals surface area (Å²) >= 11 is 5.78. The quantitative estimate of drug-likeness (QED) is 0.807. The van der Waals surface area contributed by atoms with Crippen molar-refractivity contribution < 1.29 is 4.79 Å². The van der Waals surface area contributed by atoms with Gasteiger partial charge in [0, 0.05) is 29.8 Å². The molecule has 0 unspecified atom stereocenters. The maximum absolute atomic E-state index is 11.9. The van der Waals surface area contributed by atoms with E-state index in [0.717, 1.165) is 25.1 Å². The van der Waals surface area contributed by atoms with E-state index < -0.39 is 0 Å². The summed E-state index contributed by atoms with van der Waals surface area (Å²) in [6, 6.07) is 7.06. The van der Waals surface area contributed by atoms with Crippen LogP contribution >= 0.6 is 11.6 Å². The third-order valence-electron chi connectivity index (χ3n) is 2.84. The van der Waals surface area contributed by atoms with Crippen LogP contribution in [0.3, 0.4) is 0 Å². The van der Waals surface area contributed by atoms with E-state index in [4.69, 9.17) is 17.3 Å². The number of benzene rings is 1. The third kappa shape index (κ3) is 3.35. The average Bonchev–Trinajstić information content (AvgIpc) is 2.32. The fourth-order valence-electron chi connectivity index (χ4n) is 1.93. The van der Waals surface area contributed by atoms with Crippen LogP contribution in [0.25, 0.3) is 0 Å². The van der Waals surface area contributed by atoms with Crippen LogP contribution < -0.4 is 11.1 Å². The zero-order valence-corrected chi connectivity index (χ0v) is 10.3. The molecule has 4 nitrogen and oxygen atoms in total. The summed E-state index contributed by atoms with van der Waals surface area (Å²) in [6.45, 7) is 1.40. The lowest BCUT2D eigenvalue weighted by atomic mass is 10.1. The van der Waals surface area contributed by atoms with Crippen molar-refractivity contribution in [3.63, 3.8) is 0 Å². The number of amides is 2. The molecule has 1 aromatic rings. The number of anilines is 1. The summed E-state index contributed by atoms with van der Waals surface area (Å²) in [4.78, 5) is 13.7. The number of hydrogen-bond donors (Lipinski definition) is 2. The summed E-state index contributed by atoms with van der Waals surface area (Å²) in [6.07, 6.45) is 1.96. The summed E-state index contributed by atoms with van der Waals surface area (Å²) in [5, 5.41) is 3.49. The Kier molecular flexibility index (Phi) is 3.86. The van der Waals surface area contributed by atoms with Gasteiger partial charge in [0.2, 0.25) is 0 Å². The molecule has 0 aliphatic carbocycles. The normalized spacial score (nSPS) is 20.1. The molecule has 1 atom stereocenters. The van der Waals surface area contributed by atoms with Crippen LogP contribution in [0.15, 0.2) is 24.3 Å². The number of urea groups is 1. The summed E-state index contributed by atoms with van der Waals surface area (Å²) < 4.78 is 0. The average molecular weight is 254 g/mol. The van der Waals surface area contributed by atoms with Gasteiger partial charge in [-0.3, -0.25) is 0 Å². The number of hydrogen-bond acceptors (Lipinski definition) is 2. The van der Waals surface area contributed by atoms with E-state index in [1.807, 2.05) is 0 Å². The van der Waals surface area contributed by atoms with Crippen molar-refractivity contribution >= 4 is 23.3 Å². The van der Waals surface area contributed by atoms with Gasteiger partial charge in [-0.05, 0) is 37.1 Å². The molecule has 1 aliphatic rings. The Morgan fingerprint density at radius 3 is 2.76 bits per heavy atom. The second-order valence-electron chi connectivity index (χ2n) is 4.29. The molecule has 1 fully saturated rings. The number of likely N-dealkylation sites (tertiary alicyclic amines) is 1. The lowest BCUT2D eigenvalue weighted by Crippen LogP contribution is -2.47. The van der Waals surface area contributed by atoms with E-state index in [-0.39, 0.29) is 12.1 Å². The Morgan fingerprint density at radius 2 is 2.12 bits per heavy atom. The van der Waals surface area contributed by atoms with Crippen LogP contribution in [-0.2, 0) is 0 Å². The molecule has 0 aromatic heterocycles. The first kappa shape index (κ1) is 12.2. The Bertz CT molecular complexity index is 393. The maximum Gasteiger partial charge on any atom is 0.321 e. The Labute approximate surface area is 106 Å². The number of piperidine rings is 1. The number of rotatable bonds is 1. The molecule has 3 N–H and O–H groups in total. The number of carbonyl (C=O) groups is 1. The zero-order valence-electron chi connectivity index (χ0n) is 9.53. The van der Waals surface area contributed by atoms with Gasteiger partial charge in [0.25, 0.3) is 0 Å². The molecular formula is C12H16ClN3O. The lowest BCUT2D eigenvalue weighted by molar-refractivity contribution is 0.193. The van der Waals surface area contributed by atoms with Crippen LogP contribution in [0.2, 0.25) is 5.02 Å². The Morgan fingerprint density at radius 1 is 1.41 bits per heavy atom. The molecule has 2 amide bonds. The predicted octanol–water partition coefficient (Wildman–Crippen LogP) is 2.29. The van der Waals surface area contributed by atoms with E-state index >= 15 is 0 Å². The van der Waals surface area contributed by atoms with Gasteiger partial charge in [0.15, 0.2) is 0 Å². The van der Waals surface area contributed by atoms with Gasteiger partial charge >= 0.3 is 6.03 Å². The van der Waals surface area contributed by atoms with Gasteiger partial charge in [0.1, 0.15) is 0 Å². The van der Waals surface area contributed by atoms with Crippen molar-refractivity contribution in [2.75, 3.05) is 18.4 Å². The van der Waals surface area contributed by atoms with Crippen molar-refractivity contribution in [1.82, 2.24) is 4.90 Å². The molecule has 92 valence electrons. The molecule has 0 spiro atoms. The zero-order chi connectivity index (χ0) is 12.3. The van der Waals surface area contributed by atoms with Gasteiger partial charge in [-0.2, -0.15) is 0 Å². The molecule has 0 bridgehead atoms. The first-order valence-corrected chi connectivity index (χ1v) is 6.10. The van der Waals surface area contributed by atoms with Crippen LogP contribution in [0.4, 0.5) is 10.5 Å². The second-order valence-corrected chi connectivity index (χ2v) is 4.72. The summed E-state index contributed by atoms with van der Waals surface area (Å²) in [5.41, 5.74) is 6.59. The van der Waals surface area contributed by atoms with Crippen molar-refractivity contribution in [2.24, 2.45) is 5.73 Å². The van der Waals surface area contributed by atoms with Crippen LogP contribution in [0.5, 0.6) is 0 Å². The molecule has 0 saturated carbocycles. The SMILES string of the molecule is N[C@@H]1CCCN(C(=O)Nc2ccc(Cl)cc2)C1. The Balaban J connectivity index is 1.94. The minimum Gasteiger partial charge on any atom is -0.326 e. The topological polar surface area (TPSA) is 58.4 Å². The first-order chi connectivity index (χ1) is 8.15. The second kappa shape index (κ2) is 5.38. The van der Waals surface area contributed by atoms with Crippen LogP contribution in [0.1, 0.15) is 12.8 Å². The molecular weight excluding hydrogens is 238 g/mol. The number of nitrogens with two attached hydrogens (primary N) is 1. The smallest absolute Gasteiger partial charge is 0.321 e. The molecule has 1 heterocycles. The maximum atomic E-state index is 11.9. The van der Waals surface area contributed by atoms with Crippen molar-refractivity contribution in [2.45, 2.75) is 18.9 Å². The highest BCUT2D eigenvalue weighted by Gasteiger charge is 2.20. The van der Waals surface area contributed by atoms with Gasteiger partial charge in [-0.15, -0.1) is 0 Å². The standard InChI is InChI=1S/C12H16ClN3O/c13-9-3-5-11(6-4-9)15-12(17)16-7-1-2-10(14)8-16/h3-6,10H,1-2,7-8,14H2,(H,15,17)/t10-/m1/s1. The van der Waals surface area contributed by atoms with Crippen LogP contribution in [-0.4, -0.2) is 30.1 Å². The van der Waals surface area contributed by atoms with E-state index in [2.05, 4.69) is 5.32 Å². The molecule has 1 aromatic carbocycles. The summed E-state index contributed by atoms with van der Waals surface area (Å²) in [7, 11) is 0. The highest BCUT2D eigenvalue weighted by Crippen LogP contribution is 2.15. The van der Waals surface area contributed by atoms with E-state index in [9.17, 15) is 4.79 Å². The first-order valence-electron chi connectivity index (χ1n) is 5.72. The molecule has 1 saturated heterocycles. The molecule has 0 radical (unpaired) electrons. The third-order valence-corrected chi connectivity index (χ3v) is 3.09. The van der Waals surface area contributed by atoms with Crippen molar-refractivity contribution in [3.05, 3.63) is 29.3 Å². The molecule has 17 heavy (non-hydrogen) atoms. The van der Waals surface area contributed by atoms with Gasteiger partial charge in [0.05, 0.1) is 0 Å². The minimum absolute atomic E-state index is 0.0949. The fraction of sp³-hybridized carbons (Fsp3) is 0.417. The predicted molar refractivity (Wildman–Crippen MR) is 69.3 cm³/mol. The highest BCUT2D eigenvalue weighted by atomic mass is 35.5. The highest BCUT2D eigenvalue weighted by molar-refractivity contribution is 6.30. The van der Waals surface area contributed by atoms with Crippen molar-refractivity contribution in [1.29, 1.82) is 0 Å². The fourth-order valence-corrected chi connectivity index (χ4v) is 2.06. The number of nitrogens with zero attached hydrogens (tertiary/aromatic N) is 1. The largest absolute Gasteiger partial charge is 0.326 e. The van der Waals surface area contributed by atoms with Gasteiger partial charge in [-0.1, -0.05) is 11.6 Å². The minimum atomic E-state index is -0.0949. The van der Waals surface area contributed by atoms with Gasteiger partial charge < -0.3 is 16.0 Å². The van der Waals surface area contributed by atoms with E-state index in [1.165, 1.54) is 0 Å². The van der Waals surface area contributed by atoms with Gasteiger partial charge in [-0.25, -0.2) is 4.79 Å². The van der Waals surface area contributed by atoms with Crippen molar-refractivity contribution in [3.8, 4) is 0 Å². The van der Waals surface area contributed by atoms with Crippen LogP contribution in [0, 0.1) is 0 Å². The summed E-state index contributed by atoms with van der Waals surface area (Å²) in [5.74, 6) is 0. The number of nitrogens with one attached hydrogen (secondary N) is 1.